The van der Waals surface area contributed by atoms with Crippen molar-refractivity contribution in [1.82, 2.24) is 25.7 Å². The zero-order valence-corrected chi connectivity index (χ0v) is 28.3. The van der Waals surface area contributed by atoms with Gasteiger partial charge in [0.25, 0.3) is 17.7 Å². The molecule has 3 aromatic rings. The first kappa shape index (κ1) is 33.7. The Morgan fingerprint density at radius 1 is 0.920 bits per heavy atom. The Balaban J connectivity index is 0.823. The number of fused-ring (bicyclic) bond motifs is 1. The zero-order chi connectivity index (χ0) is 34.8. The van der Waals surface area contributed by atoms with Crippen LogP contribution in [-0.2, 0) is 0 Å². The Hall–Kier alpha value is -4.80. The molecule has 14 heteroatoms. The highest BCUT2D eigenvalue weighted by molar-refractivity contribution is 6.33. The molecule has 0 unspecified atom stereocenters. The maximum Gasteiger partial charge on any atom is 0.272 e. The van der Waals surface area contributed by atoms with Gasteiger partial charge in [0.1, 0.15) is 11.6 Å². The highest BCUT2D eigenvalue weighted by Gasteiger charge is 2.31. The second-order valence-electron chi connectivity index (χ2n) is 13.4. The second-order valence-corrected chi connectivity index (χ2v) is 13.8. The van der Waals surface area contributed by atoms with E-state index < -0.39 is 17.6 Å². The minimum atomic E-state index is -0.551. The summed E-state index contributed by atoms with van der Waals surface area (Å²) in [5, 5.41) is 14.3. The normalized spacial score (nSPS) is 21.4. The molecule has 0 bridgehead atoms. The minimum Gasteiger partial charge on any atom is -0.490 e. The molecule has 1 aromatic heterocycles. The Kier molecular flexibility index (Phi) is 9.83. The van der Waals surface area contributed by atoms with Crippen molar-refractivity contribution < 1.29 is 23.5 Å². The van der Waals surface area contributed by atoms with Crippen molar-refractivity contribution in [2.75, 3.05) is 55.6 Å². The van der Waals surface area contributed by atoms with E-state index in [2.05, 4.69) is 35.5 Å². The maximum atomic E-state index is 14.8. The molecule has 1 aliphatic carbocycles. The molecule has 2 saturated heterocycles. The van der Waals surface area contributed by atoms with E-state index in [1.165, 1.54) is 12.1 Å². The molecule has 3 aliphatic heterocycles. The molecule has 260 valence electrons. The summed E-state index contributed by atoms with van der Waals surface area (Å²) in [6.07, 6.45) is 5.22. The number of hydrogen-bond acceptors (Lipinski definition) is 9. The lowest BCUT2D eigenvalue weighted by molar-refractivity contribution is 0.0872. The molecular formula is C36H38ClFN8O4. The van der Waals surface area contributed by atoms with Crippen LogP contribution in [0, 0.1) is 18.3 Å². The summed E-state index contributed by atoms with van der Waals surface area (Å²) in [6.45, 7) is 12.7. The van der Waals surface area contributed by atoms with Gasteiger partial charge in [0.05, 0.1) is 34.5 Å². The van der Waals surface area contributed by atoms with E-state index in [-0.39, 0.29) is 29.2 Å². The molecule has 4 heterocycles. The van der Waals surface area contributed by atoms with Gasteiger partial charge >= 0.3 is 0 Å². The van der Waals surface area contributed by atoms with Crippen LogP contribution in [0.3, 0.4) is 0 Å². The first-order valence-electron chi connectivity index (χ1n) is 17.1. The largest absolute Gasteiger partial charge is 0.490 e. The van der Waals surface area contributed by atoms with Crippen molar-refractivity contribution in [3.05, 3.63) is 81.5 Å². The Labute approximate surface area is 294 Å². The quantitative estimate of drug-likeness (QED) is 0.251. The molecule has 0 radical (unpaired) electrons. The lowest BCUT2D eigenvalue weighted by Gasteiger charge is -2.39. The SMILES string of the molecule is [C-]#[N+]c1ccc(OC2CCC(NC(=O)c3ccc(N4CCC(CN5CCN(c6cc7c(cc6F)C(=O)NC7=O)CC5)CC4)nn3)CC2)cc1Cl. The number of rotatable bonds is 8. The number of aromatic nitrogens is 2. The van der Waals surface area contributed by atoms with Crippen molar-refractivity contribution in [2.24, 2.45) is 5.92 Å². The van der Waals surface area contributed by atoms with Crippen LogP contribution in [0.1, 0.15) is 69.7 Å². The van der Waals surface area contributed by atoms with E-state index in [0.717, 1.165) is 77.1 Å². The molecule has 2 aromatic carbocycles. The van der Waals surface area contributed by atoms with Gasteiger partial charge in [-0.1, -0.05) is 17.7 Å². The average Bonchev–Trinajstić information content (AvgIpc) is 3.40. The molecule has 0 spiro atoms. The molecule has 50 heavy (non-hydrogen) atoms. The van der Waals surface area contributed by atoms with E-state index in [9.17, 15) is 18.8 Å². The number of carbonyl (C=O) groups is 3. The molecular weight excluding hydrogens is 663 g/mol. The van der Waals surface area contributed by atoms with Crippen LogP contribution in [0.4, 0.5) is 21.6 Å². The third-order valence-electron chi connectivity index (χ3n) is 10.2. The van der Waals surface area contributed by atoms with Gasteiger partial charge in [-0.3, -0.25) is 24.6 Å². The fraction of sp³-hybridized carbons (Fsp3) is 0.444. The number of halogens is 2. The fourth-order valence-electron chi connectivity index (χ4n) is 7.34. The Bertz CT molecular complexity index is 1810. The van der Waals surface area contributed by atoms with Gasteiger partial charge < -0.3 is 19.9 Å². The fourth-order valence-corrected chi connectivity index (χ4v) is 7.55. The van der Waals surface area contributed by atoms with Crippen LogP contribution >= 0.6 is 11.6 Å². The van der Waals surface area contributed by atoms with E-state index in [0.29, 0.717) is 46.8 Å². The van der Waals surface area contributed by atoms with E-state index >= 15 is 0 Å². The van der Waals surface area contributed by atoms with Crippen molar-refractivity contribution in [3.63, 3.8) is 0 Å². The van der Waals surface area contributed by atoms with Gasteiger partial charge in [0.15, 0.2) is 11.5 Å². The van der Waals surface area contributed by atoms with Gasteiger partial charge in [-0.05, 0) is 80.8 Å². The summed E-state index contributed by atoms with van der Waals surface area (Å²) in [5.74, 6) is 0.208. The van der Waals surface area contributed by atoms with E-state index in [4.69, 9.17) is 22.9 Å². The number of nitrogens with one attached hydrogen (secondary N) is 2. The smallest absolute Gasteiger partial charge is 0.272 e. The highest BCUT2D eigenvalue weighted by Crippen LogP contribution is 2.32. The number of hydrogen-bond donors (Lipinski definition) is 2. The monoisotopic (exact) mass is 700 g/mol. The predicted octanol–water partition coefficient (Wildman–Crippen LogP) is 4.86. The number of amides is 3. The summed E-state index contributed by atoms with van der Waals surface area (Å²) in [6, 6.07) is 11.4. The predicted molar refractivity (Wildman–Crippen MR) is 186 cm³/mol. The second kappa shape index (κ2) is 14.6. The average molecular weight is 701 g/mol. The number of benzene rings is 2. The molecule has 4 aliphatic rings. The highest BCUT2D eigenvalue weighted by atomic mass is 35.5. The van der Waals surface area contributed by atoms with Crippen LogP contribution in [0.5, 0.6) is 5.75 Å². The standard InChI is InChI=1S/C36H38ClFN8O4/c1-39-30-7-6-25(18-28(30)37)50-24-4-2-23(3-5-24)40-36(49)31-8-9-33(43-42-31)46-12-10-22(11-13-46)21-44-14-16-45(17-15-44)32-20-27-26(19-29(32)38)34(47)41-35(27)48/h6-9,18-20,22-24H,2-5,10-17,21H2,(H,40,49)(H,41,47,48). The van der Waals surface area contributed by atoms with Gasteiger partial charge in [0, 0.05) is 51.9 Å². The zero-order valence-electron chi connectivity index (χ0n) is 27.5. The number of carbonyl (C=O) groups excluding carboxylic acids is 3. The third-order valence-corrected chi connectivity index (χ3v) is 10.5. The summed E-state index contributed by atoms with van der Waals surface area (Å²) in [5.41, 5.74) is 1.40. The molecule has 2 N–H and O–H groups in total. The molecule has 3 amide bonds. The molecule has 1 saturated carbocycles. The van der Waals surface area contributed by atoms with E-state index in [1.807, 2.05) is 11.0 Å². The van der Waals surface area contributed by atoms with Crippen molar-refractivity contribution in [2.45, 2.75) is 50.7 Å². The first-order valence-corrected chi connectivity index (χ1v) is 17.5. The van der Waals surface area contributed by atoms with Gasteiger partial charge in [-0.2, -0.15) is 0 Å². The van der Waals surface area contributed by atoms with Gasteiger partial charge in [0.2, 0.25) is 5.69 Å². The molecule has 12 nitrogen and oxygen atoms in total. The number of imide groups is 1. The number of ether oxygens (including phenoxy) is 1. The van der Waals surface area contributed by atoms with Crippen LogP contribution in [-0.4, -0.2) is 90.8 Å². The lowest BCUT2D eigenvalue weighted by Crippen LogP contribution is -2.49. The van der Waals surface area contributed by atoms with Crippen molar-refractivity contribution in [1.29, 1.82) is 0 Å². The Morgan fingerprint density at radius 3 is 2.30 bits per heavy atom. The topological polar surface area (TPSA) is 124 Å². The summed E-state index contributed by atoms with van der Waals surface area (Å²) >= 11 is 6.14. The van der Waals surface area contributed by atoms with Crippen molar-refractivity contribution in [3.8, 4) is 5.75 Å². The Morgan fingerprint density at radius 2 is 1.64 bits per heavy atom. The van der Waals surface area contributed by atoms with Gasteiger partial charge in [-0.15, -0.1) is 10.2 Å². The van der Waals surface area contributed by atoms with Crippen LogP contribution in [0.25, 0.3) is 4.85 Å². The summed E-state index contributed by atoms with van der Waals surface area (Å²) in [4.78, 5) is 46.8. The van der Waals surface area contributed by atoms with Crippen molar-refractivity contribution >= 4 is 46.5 Å². The third kappa shape index (κ3) is 7.37. The van der Waals surface area contributed by atoms with Crippen LogP contribution in [0.2, 0.25) is 5.02 Å². The number of piperazine rings is 1. The van der Waals surface area contributed by atoms with Crippen LogP contribution in [0.15, 0.2) is 42.5 Å². The minimum absolute atomic E-state index is 0.0273. The number of nitrogens with zero attached hydrogens (tertiary/aromatic N) is 6. The first-order chi connectivity index (χ1) is 24.2. The maximum absolute atomic E-state index is 14.8. The number of piperidine rings is 1. The summed E-state index contributed by atoms with van der Waals surface area (Å²) < 4.78 is 20.9. The molecule has 7 rings (SSSR count). The lowest BCUT2D eigenvalue weighted by atomic mass is 9.93. The molecule has 0 atom stereocenters. The molecule has 3 fully saturated rings. The number of anilines is 2. The van der Waals surface area contributed by atoms with Gasteiger partial charge in [-0.25, -0.2) is 9.24 Å². The summed E-state index contributed by atoms with van der Waals surface area (Å²) in [7, 11) is 0. The van der Waals surface area contributed by atoms with E-state index in [1.54, 1.807) is 24.3 Å². The van der Waals surface area contributed by atoms with Crippen LogP contribution < -0.4 is 25.2 Å².